The molecule has 0 heterocycles. The summed E-state index contributed by atoms with van der Waals surface area (Å²) in [6, 6.07) is 0. The van der Waals surface area contributed by atoms with Crippen molar-refractivity contribution in [1.82, 2.24) is 0 Å². The molecule has 0 spiro atoms. The Morgan fingerprint density at radius 3 is 1.29 bits per heavy atom. The van der Waals surface area contributed by atoms with E-state index in [2.05, 4.69) is 13.5 Å². The molecule has 10 heteroatoms. The van der Waals surface area contributed by atoms with Gasteiger partial charge in [-0.25, -0.2) is 0 Å². The van der Waals surface area contributed by atoms with Crippen LogP contribution in [0.4, 0.5) is 0 Å². The number of carbonyl (C=O) groups excluding carboxylic acids is 1. The first-order valence-corrected chi connectivity index (χ1v) is 12.7. The van der Waals surface area contributed by atoms with E-state index in [9.17, 15) is 4.79 Å². The highest BCUT2D eigenvalue weighted by Crippen LogP contribution is 2.03. The van der Waals surface area contributed by atoms with Crippen LogP contribution in [0.15, 0.2) is 12.8 Å². The maximum absolute atomic E-state index is 11.5. The summed E-state index contributed by atoms with van der Waals surface area (Å²) < 4.78 is 47.8. The lowest BCUT2D eigenvalue weighted by Crippen LogP contribution is -2.15. The average molecular weight is 509 g/mol. The number of ether oxygens (including phenoxy) is 9. The third-order valence-corrected chi connectivity index (χ3v) is 4.42. The predicted molar refractivity (Wildman–Crippen MR) is 132 cm³/mol. The molecule has 0 aliphatic rings. The summed E-state index contributed by atoms with van der Waals surface area (Å²) in [5.74, 6) is -0.149. The second-order valence-corrected chi connectivity index (χ2v) is 7.36. The molecule has 0 unspecified atom stereocenters. The first kappa shape index (κ1) is 33.7. The zero-order valence-corrected chi connectivity index (χ0v) is 21.7. The first-order chi connectivity index (χ1) is 17.3. The Kier molecular flexibility index (Phi) is 29.6. The van der Waals surface area contributed by atoms with Gasteiger partial charge in [-0.2, -0.15) is 0 Å². The Morgan fingerprint density at radius 1 is 0.543 bits per heavy atom. The van der Waals surface area contributed by atoms with Gasteiger partial charge in [0.15, 0.2) is 0 Å². The van der Waals surface area contributed by atoms with Crippen molar-refractivity contribution >= 4 is 5.97 Å². The van der Waals surface area contributed by atoms with Gasteiger partial charge in [0.1, 0.15) is 13.2 Å². The molecule has 0 saturated heterocycles. The Balaban J connectivity index is 3.07. The van der Waals surface area contributed by atoms with Crippen LogP contribution in [-0.2, 0) is 47.4 Å². The van der Waals surface area contributed by atoms with Crippen LogP contribution in [-0.4, -0.2) is 112 Å². The lowest BCUT2D eigenvalue weighted by Gasteiger charge is -2.08. The zero-order valence-electron chi connectivity index (χ0n) is 21.7. The monoisotopic (exact) mass is 508 g/mol. The van der Waals surface area contributed by atoms with Gasteiger partial charge in [0.05, 0.1) is 98.8 Å². The fourth-order valence-electron chi connectivity index (χ4n) is 2.59. The van der Waals surface area contributed by atoms with Crippen molar-refractivity contribution < 1.29 is 47.4 Å². The Morgan fingerprint density at radius 2 is 0.914 bits per heavy atom. The van der Waals surface area contributed by atoms with E-state index in [1.165, 1.54) is 6.26 Å². The summed E-state index contributed by atoms with van der Waals surface area (Å²) in [6.07, 6.45) is 6.17. The Labute approximate surface area is 211 Å². The van der Waals surface area contributed by atoms with E-state index in [4.69, 9.17) is 42.6 Å². The predicted octanol–water partition coefficient (Wildman–Crippen LogP) is 2.78. The van der Waals surface area contributed by atoms with Crippen molar-refractivity contribution in [3.05, 3.63) is 12.8 Å². The van der Waals surface area contributed by atoms with Crippen molar-refractivity contribution in [1.29, 1.82) is 0 Å². The fraction of sp³-hybridized carbons (Fsp3) is 0.880. The number of unbranched alkanes of at least 4 members (excludes halogenated alkanes) is 3. The largest absolute Gasteiger partial charge is 0.499 e. The van der Waals surface area contributed by atoms with Crippen LogP contribution in [0.3, 0.4) is 0 Å². The molecule has 208 valence electrons. The molecule has 35 heavy (non-hydrogen) atoms. The molecule has 0 aromatic rings. The van der Waals surface area contributed by atoms with E-state index < -0.39 is 0 Å². The summed E-state index contributed by atoms with van der Waals surface area (Å²) in [5.41, 5.74) is 0. The molecule has 0 atom stereocenters. The Hall–Kier alpha value is -1.27. The summed E-state index contributed by atoms with van der Waals surface area (Å²) in [5, 5.41) is 0. The molecule has 0 aromatic carbocycles. The molecule has 0 aromatic heterocycles. The van der Waals surface area contributed by atoms with Crippen molar-refractivity contribution in [2.75, 3.05) is 106 Å². The van der Waals surface area contributed by atoms with E-state index in [0.29, 0.717) is 106 Å². The highest BCUT2D eigenvalue weighted by molar-refractivity contribution is 5.69. The molecule has 0 rings (SSSR count). The molecule has 0 radical (unpaired) electrons. The molecule has 0 N–H and O–H groups in total. The van der Waals surface area contributed by atoms with Crippen LogP contribution in [0.2, 0.25) is 0 Å². The quantitative estimate of drug-likeness (QED) is 0.0818. The molecule has 0 amide bonds. The van der Waals surface area contributed by atoms with Gasteiger partial charge in [-0.05, 0) is 6.42 Å². The summed E-state index contributed by atoms with van der Waals surface area (Å²) in [4.78, 5) is 11.5. The number of hydrogen-bond acceptors (Lipinski definition) is 10. The van der Waals surface area contributed by atoms with E-state index in [-0.39, 0.29) is 12.6 Å². The van der Waals surface area contributed by atoms with Gasteiger partial charge in [0.25, 0.3) is 0 Å². The molecule has 10 nitrogen and oxygen atoms in total. The minimum atomic E-state index is -0.149. The van der Waals surface area contributed by atoms with E-state index in [1.807, 2.05) is 0 Å². The van der Waals surface area contributed by atoms with Crippen molar-refractivity contribution in [3.8, 4) is 0 Å². The van der Waals surface area contributed by atoms with Crippen molar-refractivity contribution in [2.45, 2.75) is 39.0 Å². The third kappa shape index (κ3) is 30.7. The highest BCUT2D eigenvalue weighted by atomic mass is 16.6. The van der Waals surface area contributed by atoms with Crippen LogP contribution in [0, 0.1) is 0 Å². The standard InChI is InChI=1S/C25H48O10/c1-3-5-6-7-8-25(26)35-24-23-34-22-21-33-20-19-32-18-17-31-16-15-30-14-13-29-12-11-28-10-9-27-4-2/h4H,2-3,5-24H2,1H3. The van der Waals surface area contributed by atoms with Crippen molar-refractivity contribution in [2.24, 2.45) is 0 Å². The van der Waals surface area contributed by atoms with Gasteiger partial charge in [0, 0.05) is 6.42 Å². The highest BCUT2D eigenvalue weighted by Gasteiger charge is 2.02. The van der Waals surface area contributed by atoms with Crippen LogP contribution >= 0.6 is 0 Å². The van der Waals surface area contributed by atoms with Gasteiger partial charge in [-0.1, -0.05) is 32.8 Å². The van der Waals surface area contributed by atoms with Crippen LogP contribution in [0.5, 0.6) is 0 Å². The van der Waals surface area contributed by atoms with Gasteiger partial charge in [0.2, 0.25) is 0 Å². The third-order valence-electron chi connectivity index (χ3n) is 4.42. The maximum atomic E-state index is 11.5. The fourth-order valence-corrected chi connectivity index (χ4v) is 2.59. The lowest BCUT2D eigenvalue weighted by molar-refractivity contribution is -0.145. The molecule has 0 saturated carbocycles. The van der Waals surface area contributed by atoms with Crippen LogP contribution in [0.25, 0.3) is 0 Å². The van der Waals surface area contributed by atoms with Crippen LogP contribution in [0.1, 0.15) is 39.0 Å². The van der Waals surface area contributed by atoms with Gasteiger partial charge in [-0.3, -0.25) is 4.79 Å². The van der Waals surface area contributed by atoms with E-state index >= 15 is 0 Å². The number of rotatable bonds is 30. The molecule has 0 bridgehead atoms. The molecule has 0 fully saturated rings. The second kappa shape index (κ2) is 30.8. The second-order valence-electron chi connectivity index (χ2n) is 7.36. The summed E-state index contributed by atoms with van der Waals surface area (Å²) in [7, 11) is 0. The van der Waals surface area contributed by atoms with Crippen LogP contribution < -0.4 is 0 Å². The smallest absolute Gasteiger partial charge is 0.305 e. The molecular formula is C25H48O10. The molecular weight excluding hydrogens is 460 g/mol. The molecule has 0 aliphatic carbocycles. The van der Waals surface area contributed by atoms with Gasteiger partial charge in [-0.15, -0.1) is 0 Å². The number of hydrogen-bond donors (Lipinski definition) is 0. The van der Waals surface area contributed by atoms with Gasteiger partial charge >= 0.3 is 5.97 Å². The zero-order chi connectivity index (χ0) is 25.5. The summed E-state index contributed by atoms with van der Waals surface area (Å²) >= 11 is 0. The Bertz CT molecular complexity index is 436. The van der Waals surface area contributed by atoms with Crippen molar-refractivity contribution in [3.63, 3.8) is 0 Å². The average Bonchev–Trinajstić information content (AvgIpc) is 2.86. The topological polar surface area (TPSA) is 100 Å². The van der Waals surface area contributed by atoms with E-state index in [1.54, 1.807) is 0 Å². The van der Waals surface area contributed by atoms with Gasteiger partial charge < -0.3 is 42.6 Å². The summed E-state index contributed by atoms with van der Waals surface area (Å²) in [6.45, 7) is 13.4. The number of carbonyl (C=O) groups is 1. The number of esters is 1. The minimum Gasteiger partial charge on any atom is -0.499 e. The first-order valence-electron chi connectivity index (χ1n) is 12.7. The normalized spacial score (nSPS) is 11.0. The maximum Gasteiger partial charge on any atom is 0.305 e. The minimum absolute atomic E-state index is 0.149. The van der Waals surface area contributed by atoms with E-state index in [0.717, 1.165) is 25.7 Å². The molecule has 0 aliphatic heterocycles. The lowest BCUT2D eigenvalue weighted by atomic mass is 10.2. The SMILES string of the molecule is C=COCCOCCOCCOCCOCCOCCOCCOCCOC(=O)CCCCCC.